The molecule has 0 unspecified atom stereocenters. The second-order valence-corrected chi connectivity index (χ2v) is 4.28. The lowest BCUT2D eigenvalue weighted by molar-refractivity contribution is -0.127. The number of ether oxygens (including phenoxy) is 2. The summed E-state index contributed by atoms with van der Waals surface area (Å²) < 4.78 is 10.4. The molecule has 0 bridgehead atoms. The molecule has 0 atom stereocenters. The summed E-state index contributed by atoms with van der Waals surface area (Å²) >= 11 is 0. The van der Waals surface area contributed by atoms with Gasteiger partial charge in [0, 0.05) is 19.8 Å². The molecule has 0 heterocycles. The Hall–Kier alpha value is -2.08. The molecule has 0 spiro atoms. The van der Waals surface area contributed by atoms with Gasteiger partial charge in [0.05, 0.1) is 6.54 Å². The fraction of sp³-hybridized carbons (Fsp3) is 0.467. The van der Waals surface area contributed by atoms with Gasteiger partial charge in [-0.3, -0.25) is 9.59 Å². The average molecular weight is 294 g/mol. The van der Waals surface area contributed by atoms with Gasteiger partial charge in [-0.05, 0) is 25.5 Å². The third-order valence-electron chi connectivity index (χ3n) is 2.55. The number of benzene rings is 1. The summed E-state index contributed by atoms with van der Waals surface area (Å²) in [6, 6.07) is 9.03. The van der Waals surface area contributed by atoms with Crippen LogP contribution in [-0.4, -0.2) is 44.7 Å². The third kappa shape index (κ3) is 8.65. The predicted octanol–water partition coefficient (Wildman–Crippen LogP) is 0.724. The molecule has 1 rings (SSSR count). The van der Waals surface area contributed by atoms with Gasteiger partial charge >= 0.3 is 0 Å². The second kappa shape index (κ2) is 10.7. The molecule has 0 aliphatic rings. The Bertz CT molecular complexity index is 423. The van der Waals surface area contributed by atoms with Crippen molar-refractivity contribution in [3.8, 4) is 5.75 Å². The molecule has 0 saturated heterocycles. The van der Waals surface area contributed by atoms with E-state index in [4.69, 9.17) is 9.47 Å². The van der Waals surface area contributed by atoms with Crippen LogP contribution >= 0.6 is 0 Å². The standard InChI is InChI=1S/C15H22N2O4/c1-2-20-10-6-9-16-14(18)11-17-15(19)12-21-13-7-4-3-5-8-13/h3-5,7-8H,2,6,9-12H2,1H3,(H,16,18)(H,17,19). The lowest BCUT2D eigenvalue weighted by Crippen LogP contribution is -2.39. The fourth-order valence-corrected chi connectivity index (χ4v) is 1.50. The molecule has 1 aromatic carbocycles. The zero-order valence-electron chi connectivity index (χ0n) is 12.3. The molecule has 0 saturated carbocycles. The van der Waals surface area contributed by atoms with Crippen LogP contribution in [0.5, 0.6) is 5.75 Å². The van der Waals surface area contributed by atoms with Crippen LogP contribution in [0.1, 0.15) is 13.3 Å². The van der Waals surface area contributed by atoms with Crippen LogP contribution in [0, 0.1) is 0 Å². The molecule has 21 heavy (non-hydrogen) atoms. The van der Waals surface area contributed by atoms with Crippen LogP contribution in [0.15, 0.2) is 30.3 Å². The zero-order valence-corrected chi connectivity index (χ0v) is 12.3. The first-order chi connectivity index (χ1) is 10.2. The normalized spacial score (nSPS) is 9.95. The number of nitrogens with one attached hydrogen (secondary N) is 2. The van der Waals surface area contributed by atoms with Crippen molar-refractivity contribution in [2.45, 2.75) is 13.3 Å². The summed E-state index contributed by atoms with van der Waals surface area (Å²) in [6.07, 6.45) is 0.755. The van der Waals surface area contributed by atoms with E-state index in [1.165, 1.54) is 0 Å². The highest BCUT2D eigenvalue weighted by atomic mass is 16.5. The van der Waals surface area contributed by atoms with Crippen LogP contribution in [0.2, 0.25) is 0 Å². The van der Waals surface area contributed by atoms with Crippen molar-refractivity contribution in [3.05, 3.63) is 30.3 Å². The molecule has 6 heteroatoms. The maximum absolute atomic E-state index is 11.5. The van der Waals surface area contributed by atoms with Gasteiger partial charge in [-0.2, -0.15) is 0 Å². The molecule has 1 aromatic rings. The highest BCUT2D eigenvalue weighted by Gasteiger charge is 2.05. The highest BCUT2D eigenvalue weighted by Crippen LogP contribution is 2.07. The van der Waals surface area contributed by atoms with E-state index < -0.39 is 0 Å². The van der Waals surface area contributed by atoms with Crippen molar-refractivity contribution in [1.82, 2.24) is 10.6 Å². The molecular formula is C15H22N2O4. The van der Waals surface area contributed by atoms with Crippen LogP contribution in [-0.2, 0) is 14.3 Å². The van der Waals surface area contributed by atoms with Crippen molar-refractivity contribution >= 4 is 11.8 Å². The SMILES string of the molecule is CCOCCCNC(=O)CNC(=O)COc1ccccc1. The number of carbonyl (C=O) groups is 2. The van der Waals surface area contributed by atoms with E-state index >= 15 is 0 Å². The van der Waals surface area contributed by atoms with Gasteiger partial charge in [0.15, 0.2) is 6.61 Å². The zero-order chi connectivity index (χ0) is 15.3. The van der Waals surface area contributed by atoms with E-state index in [0.717, 1.165) is 6.42 Å². The van der Waals surface area contributed by atoms with E-state index in [2.05, 4.69) is 10.6 Å². The molecule has 0 aliphatic heterocycles. The first kappa shape index (κ1) is 17.0. The summed E-state index contributed by atoms with van der Waals surface area (Å²) in [7, 11) is 0. The van der Waals surface area contributed by atoms with Crippen molar-refractivity contribution in [1.29, 1.82) is 0 Å². The lowest BCUT2D eigenvalue weighted by Gasteiger charge is -2.08. The van der Waals surface area contributed by atoms with E-state index in [1.807, 2.05) is 25.1 Å². The van der Waals surface area contributed by atoms with E-state index in [-0.39, 0.29) is 25.0 Å². The van der Waals surface area contributed by atoms with Crippen molar-refractivity contribution < 1.29 is 19.1 Å². The van der Waals surface area contributed by atoms with Crippen LogP contribution in [0.4, 0.5) is 0 Å². The summed E-state index contributed by atoms with van der Waals surface area (Å²) in [5, 5.41) is 5.19. The number of amides is 2. The Morgan fingerprint density at radius 3 is 2.57 bits per heavy atom. The van der Waals surface area contributed by atoms with Gasteiger partial charge in [0.25, 0.3) is 5.91 Å². The van der Waals surface area contributed by atoms with Gasteiger partial charge in [-0.25, -0.2) is 0 Å². The summed E-state index contributed by atoms with van der Waals surface area (Å²) in [5.74, 6) is 0.0657. The van der Waals surface area contributed by atoms with Gasteiger partial charge < -0.3 is 20.1 Å². The monoisotopic (exact) mass is 294 g/mol. The molecule has 0 aromatic heterocycles. The van der Waals surface area contributed by atoms with Gasteiger partial charge in [-0.1, -0.05) is 18.2 Å². The first-order valence-electron chi connectivity index (χ1n) is 7.01. The molecule has 2 amide bonds. The van der Waals surface area contributed by atoms with E-state index in [9.17, 15) is 9.59 Å². The predicted molar refractivity (Wildman–Crippen MR) is 79.1 cm³/mol. The number of hydrogen-bond donors (Lipinski definition) is 2. The van der Waals surface area contributed by atoms with Crippen molar-refractivity contribution in [2.24, 2.45) is 0 Å². The average Bonchev–Trinajstić information content (AvgIpc) is 2.51. The van der Waals surface area contributed by atoms with E-state index in [1.54, 1.807) is 12.1 Å². The Morgan fingerprint density at radius 1 is 1.10 bits per heavy atom. The van der Waals surface area contributed by atoms with Gasteiger partial charge in [0.2, 0.25) is 5.91 Å². The minimum atomic E-state index is -0.330. The first-order valence-corrected chi connectivity index (χ1v) is 7.01. The minimum Gasteiger partial charge on any atom is -0.484 e. The number of carbonyl (C=O) groups excluding carboxylic acids is 2. The third-order valence-corrected chi connectivity index (χ3v) is 2.55. The van der Waals surface area contributed by atoms with Crippen molar-refractivity contribution in [2.75, 3.05) is 32.9 Å². The smallest absolute Gasteiger partial charge is 0.258 e. The summed E-state index contributed by atoms with van der Waals surface area (Å²) in [6.45, 7) is 3.59. The van der Waals surface area contributed by atoms with E-state index in [0.29, 0.717) is 25.5 Å². The quantitative estimate of drug-likeness (QED) is 0.624. The largest absolute Gasteiger partial charge is 0.484 e. The molecule has 116 valence electrons. The summed E-state index contributed by atoms with van der Waals surface area (Å²) in [5.41, 5.74) is 0. The molecule has 2 N–H and O–H groups in total. The topological polar surface area (TPSA) is 76.7 Å². The van der Waals surface area contributed by atoms with Gasteiger partial charge in [-0.15, -0.1) is 0 Å². The Balaban J connectivity index is 2.05. The van der Waals surface area contributed by atoms with Crippen LogP contribution in [0.3, 0.4) is 0 Å². The van der Waals surface area contributed by atoms with Crippen LogP contribution < -0.4 is 15.4 Å². The second-order valence-electron chi connectivity index (χ2n) is 4.28. The lowest BCUT2D eigenvalue weighted by atomic mass is 10.3. The highest BCUT2D eigenvalue weighted by molar-refractivity contribution is 5.85. The molecule has 6 nitrogen and oxygen atoms in total. The Kier molecular flexibility index (Phi) is 8.63. The molecule has 0 aliphatic carbocycles. The maximum atomic E-state index is 11.5. The van der Waals surface area contributed by atoms with Crippen LogP contribution in [0.25, 0.3) is 0 Å². The number of rotatable bonds is 10. The molecule has 0 fully saturated rings. The molecular weight excluding hydrogens is 272 g/mol. The Labute approximate surface area is 124 Å². The molecule has 0 radical (unpaired) electrons. The number of para-hydroxylation sites is 1. The van der Waals surface area contributed by atoms with Gasteiger partial charge in [0.1, 0.15) is 5.75 Å². The summed E-state index contributed by atoms with van der Waals surface area (Å²) in [4.78, 5) is 22.9. The number of hydrogen-bond acceptors (Lipinski definition) is 4. The van der Waals surface area contributed by atoms with Crippen molar-refractivity contribution in [3.63, 3.8) is 0 Å². The minimum absolute atomic E-state index is 0.0500. The maximum Gasteiger partial charge on any atom is 0.258 e. The fourth-order valence-electron chi connectivity index (χ4n) is 1.50. The Morgan fingerprint density at radius 2 is 1.86 bits per heavy atom.